The average molecular weight is 210 g/mol. The first kappa shape index (κ1) is 12.2. The fourth-order valence-corrected chi connectivity index (χ4v) is 1.41. The van der Waals surface area contributed by atoms with Crippen LogP contribution in [0.3, 0.4) is 0 Å². The van der Waals surface area contributed by atoms with Gasteiger partial charge in [-0.15, -0.1) is 0 Å². The molecular weight excluding hydrogens is 192 g/mol. The number of hydrogen-bond donors (Lipinski definition) is 1. The number of rotatable bonds is 4. The van der Waals surface area contributed by atoms with Crippen molar-refractivity contribution in [2.24, 2.45) is 0 Å². The van der Waals surface area contributed by atoms with Crippen LogP contribution < -0.4 is 0 Å². The lowest BCUT2D eigenvalue weighted by atomic mass is 9.94. The molecule has 0 radical (unpaired) electrons. The van der Waals surface area contributed by atoms with E-state index in [2.05, 4.69) is 31.0 Å². The Kier molecular flexibility index (Phi) is 3.85. The van der Waals surface area contributed by atoms with E-state index >= 15 is 0 Å². The molecule has 0 amide bonds. The lowest BCUT2D eigenvalue weighted by Gasteiger charge is -2.22. The van der Waals surface area contributed by atoms with Crippen molar-refractivity contribution >= 4 is 0 Å². The summed E-state index contributed by atoms with van der Waals surface area (Å²) in [5, 5.41) is 12.0. The third-order valence-electron chi connectivity index (χ3n) is 2.52. The van der Waals surface area contributed by atoms with Crippen LogP contribution in [-0.4, -0.2) is 5.26 Å². The highest BCUT2D eigenvalue weighted by Crippen LogP contribution is 2.26. The SMILES string of the molecule is CC(C)c1ccc(C(C)(C)OOO)cc1. The van der Waals surface area contributed by atoms with Crippen LogP contribution in [0.4, 0.5) is 0 Å². The molecule has 15 heavy (non-hydrogen) atoms. The van der Waals surface area contributed by atoms with Crippen molar-refractivity contribution in [3.63, 3.8) is 0 Å². The first-order valence-electron chi connectivity index (χ1n) is 5.07. The Hall–Kier alpha value is -0.900. The molecule has 0 aromatic heterocycles. The normalized spacial score (nSPS) is 12.1. The Labute approximate surface area is 90.5 Å². The minimum Gasteiger partial charge on any atom is -0.221 e. The van der Waals surface area contributed by atoms with Gasteiger partial charge < -0.3 is 0 Å². The van der Waals surface area contributed by atoms with Crippen LogP contribution in [0.25, 0.3) is 0 Å². The van der Waals surface area contributed by atoms with Crippen LogP contribution in [-0.2, 0) is 15.5 Å². The van der Waals surface area contributed by atoms with E-state index in [1.54, 1.807) is 0 Å². The fourth-order valence-electron chi connectivity index (χ4n) is 1.41. The van der Waals surface area contributed by atoms with Crippen molar-refractivity contribution in [2.75, 3.05) is 0 Å². The fraction of sp³-hybridized carbons (Fsp3) is 0.500. The van der Waals surface area contributed by atoms with Crippen molar-refractivity contribution < 1.29 is 15.2 Å². The molecule has 0 atom stereocenters. The van der Waals surface area contributed by atoms with Gasteiger partial charge in [-0.25, -0.2) is 5.26 Å². The lowest BCUT2D eigenvalue weighted by molar-refractivity contribution is -0.525. The average Bonchev–Trinajstić information content (AvgIpc) is 2.18. The van der Waals surface area contributed by atoms with Crippen molar-refractivity contribution in [1.82, 2.24) is 0 Å². The van der Waals surface area contributed by atoms with Gasteiger partial charge in [0.05, 0.1) is 0 Å². The maximum Gasteiger partial charge on any atom is 0.126 e. The summed E-state index contributed by atoms with van der Waals surface area (Å²) in [6.07, 6.45) is 0. The lowest BCUT2D eigenvalue weighted by Crippen LogP contribution is -2.21. The molecule has 0 aliphatic carbocycles. The van der Waals surface area contributed by atoms with Gasteiger partial charge in [0.15, 0.2) is 0 Å². The van der Waals surface area contributed by atoms with E-state index < -0.39 is 5.60 Å². The van der Waals surface area contributed by atoms with Gasteiger partial charge >= 0.3 is 0 Å². The van der Waals surface area contributed by atoms with Gasteiger partial charge in [-0.05, 0) is 30.9 Å². The molecule has 0 heterocycles. The summed E-state index contributed by atoms with van der Waals surface area (Å²) in [5.41, 5.74) is 1.59. The van der Waals surface area contributed by atoms with Crippen molar-refractivity contribution in [3.8, 4) is 0 Å². The molecule has 1 rings (SSSR count). The van der Waals surface area contributed by atoms with E-state index in [-0.39, 0.29) is 0 Å². The summed E-state index contributed by atoms with van der Waals surface area (Å²) in [4.78, 5) is 4.77. The van der Waals surface area contributed by atoms with Crippen molar-refractivity contribution in [3.05, 3.63) is 35.4 Å². The van der Waals surface area contributed by atoms with E-state index in [0.29, 0.717) is 5.92 Å². The zero-order chi connectivity index (χ0) is 11.5. The maximum absolute atomic E-state index is 8.28. The molecule has 0 fully saturated rings. The van der Waals surface area contributed by atoms with Gasteiger partial charge in [0.25, 0.3) is 0 Å². The molecular formula is C12H18O3. The third kappa shape index (κ3) is 3.02. The Morgan fingerprint density at radius 3 is 2.07 bits per heavy atom. The molecule has 0 unspecified atom stereocenters. The molecule has 0 saturated carbocycles. The van der Waals surface area contributed by atoms with Crippen LogP contribution in [0.5, 0.6) is 0 Å². The van der Waals surface area contributed by atoms with Crippen LogP contribution in [0, 0.1) is 0 Å². The molecule has 84 valence electrons. The first-order chi connectivity index (χ1) is 6.97. The summed E-state index contributed by atoms with van der Waals surface area (Å²) >= 11 is 0. The Balaban J connectivity index is 2.88. The van der Waals surface area contributed by atoms with Crippen LogP contribution in [0.2, 0.25) is 0 Å². The summed E-state index contributed by atoms with van der Waals surface area (Å²) in [6, 6.07) is 8.08. The molecule has 0 saturated heterocycles. The zero-order valence-corrected chi connectivity index (χ0v) is 9.65. The van der Waals surface area contributed by atoms with Crippen LogP contribution >= 0.6 is 0 Å². The summed E-state index contributed by atoms with van der Waals surface area (Å²) in [6.45, 7) is 7.95. The third-order valence-corrected chi connectivity index (χ3v) is 2.52. The minimum absolute atomic E-state index is 0.511. The smallest absolute Gasteiger partial charge is 0.126 e. The van der Waals surface area contributed by atoms with Gasteiger partial charge in [-0.3, -0.25) is 0 Å². The van der Waals surface area contributed by atoms with E-state index in [1.165, 1.54) is 5.56 Å². The second-order valence-corrected chi connectivity index (χ2v) is 4.44. The van der Waals surface area contributed by atoms with Crippen LogP contribution in [0.15, 0.2) is 24.3 Å². The highest BCUT2D eigenvalue weighted by molar-refractivity contribution is 5.27. The Morgan fingerprint density at radius 1 is 1.13 bits per heavy atom. The predicted molar refractivity (Wildman–Crippen MR) is 58.4 cm³/mol. The second kappa shape index (κ2) is 4.75. The summed E-state index contributed by atoms with van der Waals surface area (Å²) in [7, 11) is 0. The van der Waals surface area contributed by atoms with Gasteiger partial charge in [0, 0.05) is 0 Å². The van der Waals surface area contributed by atoms with Gasteiger partial charge in [-0.1, -0.05) is 43.2 Å². The van der Waals surface area contributed by atoms with E-state index in [4.69, 9.17) is 10.1 Å². The number of hydrogen-bond acceptors (Lipinski definition) is 3. The minimum atomic E-state index is -0.649. The molecule has 1 aromatic carbocycles. The standard InChI is InChI=1S/C12H18O3/c1-9(2)10-5-7-11(8-6-10)12(3,4)14-15-13/h5-9,13H,1-4H3. The van der Waals surface area contributed by atoms with E-state index in [9.17, 15) is 0 Å². The molecule has 1 aromatic rings. The van der Waals surface area contributed by atoms with Gasteiger partial charge in [0.2, 0.25) is 0 Å². The maximum atomic E-state index is 8.28. The molecule has 0 aliphatic rings. The summed E-state index contributed by atoms with van der Waals surface area (Å²) < 4.78 is 0. The molecule has 3 nitrogen and oxygen atoms in total. The summed E-state index contributed by atoms with van der Waals surface area (Å²) in [5.74, 6) is 0.511. The van der Waals surface area contributed by atoms with Crippen molar-refractivity contribution in [1.29, 1.82) is 0 Å². The second-order valence-electron chi connectivity index (χ2n) is 4.44. The van der Waals surface area contributed by atoms with Crippen LogP contribution in [0.1, 0.15) is 44.7 Å². The Bertz CT molecular complexity index is 301. The largest absolute Gasteiger partial charge is 0.221 e. The van der Waals surface area contributed by atoms with Gasteiger partial charge in [0.1, 0.15) is 5.60 Å². The van der Waals surface area contributed by atoms with Gasteiger partial charge in [-0.2, -0.15) is 4.89 Å². The molecule has 0 bridgehead atoms. The van der Waals surface area contributed by atoms with E-state index in [0.717, 1.165) is 5.56 Å². The highest BCUT2D eigenvalue weighted by atomic mass is 17.5. The molecule has 0 spiro atoms. The predicted octanol–water partition coefficient (Wildman–Crippen LogP) is 3.47. The highest BCUT2D eigenvalue weighted by Gasteiger charge is 2.22. The monoisotopic (exact) mass is 210 g/mol. The number of benzene rings is 1. The topological polar surface area (TPSA) is 38.7 Å². The first-order valence-corrected chi connectivity index (χ1v) is 5.07. The Morgan fingerprint density at radius 2 is 1.67 bits per heavy atom. The molecule has 1 N–H and O–H groups in total. The quantitative estimate of drug-likeness (QED) is 0.611. The molecule has 3 heteroatoms. The van der Waals surface area contributed by atoms with Crippen molar-refractivity contribution in [2.45, 2.75) is 39.2 Å². The van der Waals surface area contributed by atoms with E-state index in [1.807, 2.05) is 26.0 Å². The zero-order valence-electron chi connectivity index (χ0n) is 9.65. The molecule has 0 aliphatic heterocycles.